The quantitative estimate of drug-likeness (QED) is 0.636. The zero-order chi connectivity index (χ0) is 15.8. The van der Waals surface area contributed by atoms with Crippen LogP contribution in [0.2, 0.25) is 0 Å². The Labute approximate surface area is 137 Å². The topological polar surface area (TPSA) is 61.7 Å². The van der Waals surface area contributed by atoms with Crippen LogP contribution in [-0.4, -0.2) is 17.2 Å². The third-order valence-electron chi connectivity index (χ3n) is 2.86. The van der Waals surface area contributed by atoms with Crippen molar-refractivity contribution in [2.24, 2.45) is 5.10 Å². The predicted molar refractivity (Wildman–Crippen MR) is 91.2 cm³/mol. The molecule has 2 aromatic rings. The number of carbonyl (C=O) groups is 1. The fourth-order valence-electron chi connectivity index (χ4n) is 1.72. The first-order valence-corrected chi connectivity index (χ1v) is 7.44. The van der Waals surface area contributed by atoms with E-state index in [4.69, 9.17) is 0 Å². The van der Waals surface area contributed by atoms with Crippen molar-refractivity contribution >= 4 is 34.1 Å². The maximum Gasteiger partial charge on any atom is 0.273 e. The van der Waals surface area contributed by atoms with Gasteiger partial charge < -0.3 is 5.11 Å². The standard InChI is InChI=1S/C17H15BrN2O2/c18-15-10-8-13(9-11-15)5-4-12-19-20-17(22)16(21)14-6-2-1-3-7-14/h1-12,16,21H,(H,20,22)/b5-4+,19-12+. The smallest absolute Gasteiger partial charge is 0.273 e. The summed E-state index contributed by atoms with van der Waals surface area (Å²) in [5.74, 6) is -0.570. The summed E-state index contributed by atoms with van der Waals surface area (Å²) in [4.78, 5) is 11.7. The number of benzene rings is 2. The van der Waals surface area contributed by atoms with Crippen LogP contribution in [0.4, 0.5) is 0 Å². The maximum atomic E-state index is 11.7. The van der Waals surface area contributed by atoms with E-state index in [2.05, 4.69) is 26.5 Å². The Kier molecular flexibility index (Phi) is 6.06. The number of aliphatic hydroxyl groups excluding tert-OH is 1. The van der Waals surface area contributed by atoms with Crippen molar-refractivity contribution in [2.45, 2.75) is 6.10 Å². The van der Waals surface area contributed by atoms with Gasteiger partial charge in [-0.25, -0.2) is 5.43 Å². The molecule has 2 N–H and O–H groups in total. The number of nitrogens with one attached hydrogen (secondary N) is 1. The molecule has 0 aliphatic rings. The Morgan fingerprint density at radius 3 is 2.50 bits per heavy atom. The average molecular weight is 359 g/mol. The molecular weight excluding hydrogens is 344 g/mol. The molecule has 0 spiro atoms. The molecule has 4 nitrogen and oxygen atoms in total. The van der Waals surface area contributed by atoms with Crippen molar-refractivity contribution in [3.05, 3.63) is 76.3 Å². The highest BCUT2D eigenvalue weighted by Gasteiger charge is 2.15. The molecule has 5 heteroatoms. The normalized spacial score (nSPS) is 12.6. The zero-order valence-electron chi connectivity index (χ0n) is 11.7. The largest absolute Gasteiger partial charge is 0.378 e. The Hall–Kier alpha value is -2.24. The van der Waals surface area contributed by atoms with Crippen LogP contribution in [0.1, 0.15) is 17.2 Å². The monoisotopic (exact) mass is 358 g/mol. The van der Waals surface area contributed by atoms with E-state index in [1.54, 1.807) is 30.3 Å². The molecule has 112 valence electrons. The summed E-state index contributed by atoms with van der Waals surface area (Å²) < 4.78 is 1.01. The molecule has 0 radical (unpaired) electrons. The number of allylic oxidation sites excluding steroid dienone is 1. The van der Waals surface area contributed by atoms with Crippen molar-refractivity contribution in [1.29, 1.82) is 0 Å². The van der Waals surface area contributed by atoms with Gasteiger partial charge in [0.15, 0.2) is 6.10 Å². The second-order valence-electron chi connectivity index (χ2n) is 4.48. The van der Waals surface area contributed by atoms with Gasteiger partial charge in [-0.15, -0.1) is 0 Å². The first-order valence-electron chi connectivity index (χ1n) is 6.65. The van der Waals surface area contributed by atoms with Crippen LogP contribution in [-0.2, 0) is 4.79 Å². The van der Waals surface area contributed by atoms with Gasteiger partial charge in [-0.3, -0.25) is 4.79 Å². The van der Waals surface area contributed by atoms with Gasteiger partial charge in [0.2, 0.25) is 0 Å². The summed E-state index contributed by atoms with van der Waals surface area (Å²) in [6.45, 7) is 0. The highest BCUT2D eigenvalue weighted by molar-refractivity contribution is 9.10. The number of rotatable bonds is 5. The van der Waals surface area contributed by atoms with Crippen LogP contribution >= 0.6 is 15.9 Å². The molecule has 0 bridgehead atoms. The molecule has 0 heterocycles. The van der Waals surface area contributed by atoms with Crippen LogP contribution in [0, 0.1) is 0 Å². The van der Waals surface area contributed by atoms with Crippen molar-refractivity contribution in [3.63, 3.8) is 0 Å². The first kappa shape index (κ1) is 16.1. The molecule has 1 unspecified atom stereocenters. The number of amides is 1. The predicted octanol–water partition coefficient (Wildman–Crippen LogP) is 3.30. The molecule has 0 aromatic heterocycles. The van der Waals surface area contributed by atoms with E-state index in [9.17, 15) is 9.90 Å². The third-order valence-corrected chi connectivity index (χ3v) is 3.39. The molecule has 2 aromatic carbocycles. The van der Waals surface area contributed by atoms with E-state index in [-0.39, 0.29) is 0 Å². The van der Waals surface area contributed by atoms with E-state index in [0.717, 1.165) is 10.0 Å². The van der Waals surface area contributed by atoms with E-state index in [0.29, 0.717) is 5.56 Å². The van der Waals surface area contributed by atoms with Gasteiger partial charge in [0.05, 0.1) is 0 Å². The number of hydrogen-bond donors (Lipinski definition) is 2. The lowest BCUT2D eigenvalue weighted by Crippen LogP contribution is -2.24. The van der Waals surface area contributed by atoms with Crippen LogP contribution in [0.15, 0.2) is 70.2 Å². The Balaban J connectivity index is 1.84. The molecule has 0 saturated heterocycles. The Bertz CT molecular complexity index is 667. The first-order chi connectivity index (χ1) is 10.7. The van der Waals surface area contributed by atoms with Crippen molar-refractivity contribution in [2.75, 3.05) is 0 Å². The number of halogens is 1. The second-order valence-corrected chi connectivity index (χ2v) is 5.39. The minimum absolute atomic E-state index is 0.528. The Morgan fingerprint density at radius 2 is 1.82 bits per heavy atom. The lowest BCUT2D eigenvalue weighted by molar-refractivity contribution is -0.129. The molecule has 22 heavy (non-hydrogen) atoms. The fourth-order valence-corrected chi connectivity index (χ4v) is 1.98. The van der Waals surface area contributed by atoms with E-state index < -0.39 is 12.0 Å². The lowest BCUT2D eigenvalue weighted by Gasteiger charge is -2.08. The van der Waals surface area contributed by atoms with Crippen LogP contribution in [0.5, 0.6) is 0 Å². The van der Waals surface area contributed by atoms with Crippen LogP contribution in [0.25, 0.3) is 6.08 Å². The van der Waals surface area contributed by atoms with Gasteiger partial charge in [0, 0.05) is 10.7 Å². The lowest BCUT2D eigenvalue weighted by atomic mass is 10.1. The molecular formula is C17H15BrN2O2. The minimum atomic E-state index is -1.23. The molecule has 0 aliphatic heterocycles. The van der Waals surface area contributed by atoms with Crippen LogP contribution < -0.4 is 5.43 Å². The number of nitrogens with zero attached hydrogens (tertiary/aromatic N) is 1. The SMILES string of the molecule is O=C(N/N=C/C=C/c1ccc(Br)cc1)C(O)c1ccccc1. The van der Waals surface area contributed by atoms with Crippen molar-refractivity contribution < 1.29 is 9.90 Å². The summed E-state index contributed by atoms with van der Waals surface area (Å²) in [6.07, 6.45) is 3.79. The molecule has 2 rings (SSSR count). The summed E-state index contributed by atoms with van der Waals surface area (Å²) in [7, 11) is 0. The summed E-state index contributed by atoms with van der Waals surface area (Å²) >= 11 is 3.37. The van der Waals surface area contributed by atoms with Gasteiger partial charge in [0.25, 0.3) is 5.91 Å². The number of carbonyl (C=O) groups excluding carboxylic acids is 1. The Morgan fingerprint density at radius 1 is 1.14 bits per heavy atom. The number of hydrazone groups is 1. The molecule has 1 amide bonds. The molecule has 0 aliphatic carbocycles. The zero-order valence-corrected chi connectivity index (χ0v) is 13.3. The number of aliphatic hydroxyl groups is 1. The highest BCUT2D eigenvalue weighted by atomic mass is 79.9. The van der Waals surface area contributed by atoms with E-state index in [1.807, 2.05) is 36.4 Å². The fraction of sp³-hybridized carbons (Fsp3) is 0.0588. The minimum Gasteiger partial charge on any atom is -0.378 e. The van der Waals surface area contributed by atoms with Crippen molar-refractivity contribution in [1.82, 2.24) is 5.43 Å². The third kappa shape index (κ3) is 4.95. The second kappa shape index (κ2) is 8.26. The van der Waals surface area contributed by atoms with Crippen LogP contribution in [0.3, 0.4) is 0 Å². The molecule has 0 saturated carbocycles. The van der Waals surface area contributed by atoms with Gasteiger partial charge in [-0.1, -0.05) is 64.5 Å². The summed E-state index contributed by atoms with van der Waals surface area (Å²) in [5.41, 5.74) is 3.85. The molecule has 0 fully saturated rings. The van der Waals surface area contributed by atoms with E-state index >= 15 is 0 Å². The maximum absolute atomic E-state index is 11.7. The highest BCUT2D eigenvalue weighted by Crippen LogP contribution is 2.12. The summed E-state index contributed by atoms with van der Waals surface area (Å²) in [5, 5.41) is 13.6. The summed E-state index contributed by atoms with van der Waals surface area (Å²) in [6, 6.07) is 16.5. The van der Waals surface area contributed by atoms with Gasteiger partial charge in [0.1, 0.15) is 0 Å². The van der Waals surface area contributed by atoms with Crippen molar-refractivity contribution in [3.8, 4) is 0 Å². The van der Waals surface area contributed by atoms with Gasteiger partial charge in [-0.05, 0) is 29.3 Å². The van der Waals surface area contributed by atoms with E-state index in [1.165, 1.54) is 6.21 Å². The van der Waals surface area contributed by atoms with Gasteiger partial charge in [-0.2, -0.15) is 5.10 Å². The van der Waals surface area contributed by atoms with Gasteiger partial charge >= 0.3 is 0 Å². The number of hydrogen-bond acceptors (Lipinski definition) is 3. The molecule has 1 atom stereocenters. The average Bonchev–Trinajstić information content (AvgIpc) is 2.56.